The van der Waals surface area contributed by atoms with Crippen LogP contribution in [0.15, 0.2) is 53.7 Å². The SMILES string of the molecule is CS(=O)(=O)c1ccc(-n2cnc(Cl)c2-c2ccc(O)c(F)c2)cc1. The summed E-state index contributed by atoms with van der Waals surface area (Å²) in [6.45, 7) is 0. The van der Waals surface area contributed by atoms with Gasteiger partial charge in [-0.25, -0.2) is 17.8 Å². The molecule has 0 aliphatic heterocycles. The Balaban J connectivity index is 2.12. The predicted octanol–water partition coefficient (Wildman–Crippen LogP) is 3.44. The van der Waals surface area contributed by atoms with E-state index in [0.29, 0.717) is 16.9 Å². The number of aromatic hydroxyl groups is 1. The Labute approximate surface area is 142 Å². The van der Waals surface area contributed by atoms with Crippen LogP contribution in [0.4, 0.5) is 4.39 Å². The van der Waals surface area contributed by atoms with Gasteiger partial charge in [-0.05, 0) is 42.5 Å². The number of benzene rings is 2. The van der Waals surface area contributed by atoms with Gasteiger partial charge in [0.05, 0.1) is 10.6 Å². The molecule has 0 amide bonds. The monoisotopic (exact) mass is 366 g/mol. The summed E-state index contributed by atoms with van der Waals surface area (Å²) in [7, 11) is -3.30. The highest BCUT2D eigenvalue weighted by molar-refractivity contribution is 7.90. The molecule has 24 heavy (non-hydrogen) atoms. The fourth-order valence-electron chi connectivity index (χ4n) is 2.29. The number of aromatic nitrogens is 2. The lowest BCUT2D eigenvalue weighted by Gasteiger charge is -2.10. The second-order valence-electron chi connectivity index (χ2n) is 5.19. The lowest BCUT2D eigenvalue weighted by molar-refractivity contribution is 0.432. The van der Waals surface area contributed by atoms with Crippen LogP contribution < -0.4 is 0 Å². The molecular weight excluding hydrogens is 355 g/mol. The molecule has 2 aromatic carbocycles. The normalized spacial score (nSPS) is 11.6. The molecule has 0 saturated heterocycles. The van der Waals surface area contributed by atoms with Gasteiger partial charge in [-0.15, -0.1) is 0 Å². The van der Waals surface area contributed by atoms with E-state index >= 15 is 0 Å². The summed E-state index contributed by atoms with van der Waals surface area (Å²) < 4.78 is 38.3. The fourth-order valence-corrected chi connectivity index (χ4v) is 3.16. The number of nitrogens with zero attached hydrogens (tertiary/aromatic N) is 2. The van der Waals surface area contributed by atoms with Crippen molar-refractivity contribution in [3.63, 3.8) is 0 Å². The Hall–Kier alpha value is -2.38. The maximum atomic E-state index is 13.6. The molecule has 1 heterocycles. The summed E-state index contributed by atoms with van der Waals surface area (Å²) in [5, 5.41) is 9.48. The van der Waals surface area contributed by atoms with E-state index in [4.69, 9.17) is 11.6 Å². The second-order valence-corrected chi connectivity index (χ2v) is 7.56. The van der Waals surface area contributed by atoms with Crippen molar-refractivity contribution in [3.05, 3.63) is 59.8 Å². The van der Waals surface area contributed by atoms with Gasteiger partial charge in [-0.2, -0.15) is 0 Å². The molecule has 5 nitrogen and oxygen atoms in total. The van der Waals surface area contributed by atoms with Crippen molar-refractivity contribution in [3.8, 4) is 22.7 Å². The first-order valence-electron chi connectivity index (χ1n) is 6.79. The third-order valence-corrected chi connectivity index (χ3v) is 4.89. The zero-order valence-corrected chi connectivity index (χ0v) is 14.0. The highest BCUT2D eigenvalue weighted by Gasteiger charge is 2.15. The van der Waals surface area contributed by atoms with E-state index in [1.165, 1.54) is 30.6 Å². The molecule has 8 heteroatoms. The van der Waals surface area contributed by atoms with Crippen LogP contribution in [0.25, 0.3) is 16.9 Å². The van der Waals surface area contributed by atoms with Gasteiger partial charge in [-0.1, -0.05) is 11.6 Å². The number of hydrogen-bond donors (Lipinski definition) is 1. The van der Waals surface area contributed by atoms with Crippen molar-refractivity contribution in [1.29, 1.82) is 0 Å². The minimum Gasteiger partial charge on any atom is -0.505 e. The van der Waals surface area contributed by atoms with Crippen molar-refractivity contribution < 1.29 is 17.9 Å². The van der Waals surface area contributed by atoms with Crippen molar-refractivity contribution in [2.45, 2.75) is 4.90 Å². The zero-order chi connectivity index (χ0) is 17.5. The Morgan fingerprint density at radius 3 is 2.42 bits per heavy atom. The molecule has 0 aliphatic carbocycles. The van der Waals surface area contributed by atoms with Crippen LogP contribution >= 0.6 is 11.6 Å². The first kappa shape index (κ1) is 16.5. The maximum Gasteiger partial charge on any atom is 0.175 e. The maximum absolute atomic E-state index is 13.6. The summed E-state index contributed by atoms with van der Waals surface area (Å²) in [6, 6.07) is 10.1. The van der Waals surface area contributed by atoms with Gasteiger partial charge in [0.15, 0.2) is 26.6 Å². The van der Waals surface area contributed by atoms with Gasteiger partial charge in [0.2, 0.25) is 0 Å². The van der Waals surface area contributed by atoms with E-state index in [9.17, 15) is 17.9 Å². The first-order valence-corrected chi connectivity index (χ1v) is 9.06. The zero-order valence-electron chi connectivity index (χ0n) is 12.4. The van der Waals surface area contributed by atoms with E-state index < -0.39 is 21.4 Å². The largest absolute Gasteiger partial charge is 0.505 e. The van der Waals surface area contributed by atoms with Crippen LogP contribution in [0, 0.1) is 5.82 Å². The third-order valence-electron chi connectivity index (χ3n) is 3.49. The van der Waals surface area contributed by atoms with Gasteiger partial charge < -0.3 is 5.11 Å². The molecule has 3 rings (SSSR count). The second kappa shape index (κ2) is 5.92. The van der Waals surface area contributed by atoms with Crippen LogP contribution in [0.3, 0.4) is 0 Å². The number of rotatable bonds is 3. The lowest BCUT2D eigenvalue weighted by atomic mass is 10.1. The quantitative estimate of drug-likeness (QED) is 0.770. The molecule has 0 aliphatic rings. The highest BCUT2D eigenvalue weighted by atomic mass is 35.5. The molecule has 124 valence electrons. The summed E-state index contributed by atoms with van der Waals surface area (Å²) >= 11 is 6.11. The molecule has 0 bridgehead atoms. The van der Waals surface area contributed by atoms with Crippen molar-refractivity contribution in [2.24, 2.45) is 0 Å². The van der Waals surface area contributed by atoms with Crippen LogP contribution in [0.5, 0.6) is 5.75 Å². The molecular formula is C16H12ClFN2O3S. The molecule has 0 radical (unpaired) electrons. The molecule has 0 fully saturated rings. The predicted molar refractivity (Wildman–Crippen MR) is 88.7 cm³/mol. The van der Waals surface area contributed by atoms with Gasteiger partial charge in [0, 0.05) is 17.5 Å². The van der Waals surface area contributed by atoms with Gasteiger partial charge in [0.1, 0.15) is 6.33 Å². The third kappa shape index (κ3) is 3.00. The van der Waals surface area contributed by atoms with E-state index in [-0.39, 0.29) is 10.0 Å². The minimum atomic E-state index is -3.30. The molecule has 0 saturated carbocycles. The molecule has 1 N–H and O–H groups in total. The number of sulfone groups is 1. The standard InChI is InChI=1S/C16H12ClFN2O3S/c1-24(22,23)12-5-3-11(4-6-12)20-9-19-16(17)15(20)10-2-7-14(21)13(18)8-10/h2-9,21H,1H3. The minimum absolute atomic E-state index is 0.160. The molecule has 0 spiro atoms. The highest BCUT2D eigenvalue weighted by Crippen LogP contribution is 2.32. The number of halogens is 2. The summed E-state index contributed by atoms with van der Waals surface area (Å²) in [5.41, 5.74) is 1.48. The first-order chi connectivity index (χ1) is 11.3. The van der Waals surface area contributed by atoms with Gasteiger partial charge in [-0.3, -0.25) is 4.57 Å². The van der Waals surface area contributed by atoms with E-state index in [1.807, 2.05) is 0 Å². The smallest absolute Gasteiger partial charge is 0.175 e. The van der Waals surface area contributed by atoms with Crippen molar-refractivity contribution in [2.75, 3.05) is 6.26 Å². The molecule has 1 aromatic heterocycles. The number of phenolic OH excluding ortho intramolecular Hbond substituents is 1. The number of hydrogen-bond acceptors (Lipinski definition) is 4. The average molecular weight is 367 g/mol. The van der Waals surface area contributed by atoms with Crippen LogP contribution in [-0.2, 0) is 9.84 Å². The van der Waals surface area contributed by atoms with Crippen LogP contribution in [0.2, 0.25) is 5.15 Å². The number of phenols is 1. The Kier molecular flexibility index (Phi) is 4.06. The molecule has 3 aromatic rings. The average Bonchev–Trinajstić information content (AvgIpc) is 2.91. The Morgan fingerprint density at radius 2 is 1.83 bits per heavy atom. The van der Waals surface area contributed by atoms with E-state index in [2.05, 4.69) is 4.98 Å². The summed E-state index contributed by atoms with van der Waals surface area (Å²) in [4.78, 5) is 4.21. The van der Waals surface area contributed by atoms with Crippen molar-refractivity contribution in [1.82, 2.24) is 9.55 Å². The van der Waals surface area contributed by atoms with E-state index in [1.54, 1.807) is 16.7 Å². The van der Waals surface area contributed by atoms with Crippen molar-refractivity contribution >= 4 is 21.4 Å². The molecule has 0 atom stereocenters. The molecule has 0 unspecified atom stereocenters. The van der Waals surface area contributed by atoms with Crippen LogP contribution in [-0.4, -0.2) is 29.3 Å². The van der Waals surface area contributed by atoms with Crippen LogP contribution in [0.1, 0.15) is 0 Å². The fraction of sp³-hybridized carbons (Fsp3) is 0.0625. The van der Waals surface area contributed by atoms with Gasteiger partial charge in [0.25, 0.3) is 0 Å². The number of imidazole rings is 1. The Morgan fingerprint density at radius 1 is 1.17 bits per heavy atom. The summed E-state index contributed by atoms with van der Waals surface area (Å²) in [5.74, 6) is -1.23. The Bertz CT molecular complexity index is 1010. The topological polar surface area (TPSA) is 72.2 Å². The van der Waals surface area contributed by atoms with Gasteiger partial charge >= 0.3 is 0 Å². The summed E-state index contributed by atoms with van der Waals surface area (Å²) in [6.07, 6.45) is 2.58. The van der Waals surface area contributed by atoms with E-state index in [0.717, 1.165) is 12.3 Å². The lowest BCUT2D eigenvalue weighted by Crippen LogP contribution is -1.99.